The van der Waals surface area contributed by atoms with Crippen molar-refractivity contribution in [3.05, 3.63) is 59.7 Å². The van der Waals surface area contributed by atoms with Crippen LogP contribution in [0.5, 0.6) is 11.5 Å². The predicted molar refractivity (Wildman–Crippen MR) is 122 cm³/mol. The van der Waals surface area contributed by atoms with Crippen LogP contribution in [0.4, 0.5) is 0 Å². The Morgan fingerprint density at radius 1 is 1.06 bits per heavy atom. The van der Waals surface area contributed by atoms with Crippen LogP contribution in [0, 0.1) is 0 Å². The van der Waals surface area contributed by atoms with E-state index in [-0.39, 0.29) is 17.9 Å². The van der Waals surface area contributed by atoms with Crippen molar-refractivity contribution in [2.24, 2.45) is 0 Å². The molecule has 0 saturated carbocycles. The molecule has 1 amide bonds. The van der Waals surface area contributed by atoms with E-state index in [0.29, 0.717) is 32.1 Å². The molecule has 0 radical (unpaired) electrons. The van der Waals surface area contributed by atoms with E-state index < -0.39 is 0 Å². The van der Waals surface area contributed by atoms with Crippen molar-refractivity contribution in [1.29, 1.82) is 0 Å². The predicted octanol–water partition coefficient (Wildman–Crippen LogP) is 3.78. The lowest BCUT2D eigenvalue weighted by Crippen LogP contribution is -2.44. The molecule has 1 saturated heterocycles. The molecule has 168 valence electrons. The number of nitrogens with one attached hydrogen (secondary N) is 1. The van der Waals surface area contributed by atoms with Crippen LogP contribution in [0.25, 0.3) is 0 Å². The number of carbonyl (C=O) groups excluding carboxylic acids is 1. The van der Waals surface area contributed by atoms with E-state index in [2.05, 4.69) is 16.3 Å². The Morgan fingerprint density at radius 2 is 1.81 bits per heavy atom. The van der Waals surface area contributed by atoms with Gasteiger partial charge in [0, 0.05) is 19.6 Å². The molecule has 1 heterocycles. The molecule has 0 aromatic heterocycles. The average Bonchev–Trinajstić information content (AvgIpc) is 2.82. The number of ether oxygens (including phenoxy) is 3. The number of carbonyl (C=O) groups is 1. The van der Waals surface area contributed by atoms with Gasteiger partial charge in [0.25, 0.3) is 0 Å². The first kappa shape index (κ1) is 23.1. The number of rotatable bonds is 10. The molecule has 2 atom stereocenters. The fourth-order valence-corrected chi connectivity index (χ4v) is 4.09. The van der Waals surface area contributed by atoms with Gasteiger partial charge in [-0.1, -0.05) is 43.3 Å². The highest BCUT2D eigenvalue weighted by Gasteiger charge is 2.26. The zero-order chi connectivity index (χ0) is 22.1. The second-order valence-electron chi connectivity index (χ2n) is 7.62. The zero-order valence-corrected chi connectivity index (χ0v) is 18.8. The fraction of sp³-hybridized carbons (Fsp3) is 0.480. The van der Waals surface area contributed by atoms with Gasteiger partial charge in [0.2, 0.25) is 5.91 Å². The standard InChI is InChI=1S/C25H34N2O4/c1-4-21(19-9-7-6-8-10-19)25(28)26-18-22(27-13-15-30-16-14-27)20-11-12-23(31-5-2)24(17-20)29-3/h6-12,17,21-22H,4-5,13-16,18H2,1-3H3,(H,26,28)/t21-,22-/m1/s1. The third-order valence-electron chi connectivity index (χ3n) is 5.76. The first-order chi connectivity index (χ1) is 15.2. The quantitative estimate of drug-likeness (QED) is 0.627. The Morgan fingerprint density at radius 3 is 2.45 bits per heavy atom. The third kappa shape index (κ3) is 5.99. The van der Waals surface area contributed by atoms with E-state index >= 15 is 0 Å². The molecule has 3 rings (SSSR count). The van der Waals surface area contributed by atoms with E-state index in [1.165, 1.54) is 0 Å². The summed E-state index contributed by atoms with van der Waals surface area (Å²) in [5.74, 6) is 1.35. The lowest BCUT2D eigenvalue weighted by molar-refractivity contribution is -0.123. The van der Waals surface area contributed by atoms with Crippen LogP contribution in [-0.2, 0) is 9.53 Å². The highest BCUT2D eigenvalue weighted by molar-refractivity contribution is 5.83. The first-order valence-electron chi connectivity index (χ1n) is 11.1. The van der Waals surface area contributed by atoms with Crippen molar-refractivity contribution < 1.29 is 19.0 Å². The van der Waals surface area contributed by atoms with Crippen molar-refractivity contribution in [1.82, 2.24) is 10.2 Å². The van der Waals surface area contributed by atoms with Gasteiger partial charge in [-0.05, 0) is 36.6 Å². The summed E-state index contributed by atoms with van der Waals surface area (Å²) < 4.78 is 16.8. The van der Waals surface area contributed by atoms with Crippen molar-refractivity contribution >= 4 is 5.91 Å². The lowest BCUT2D eigenvalue weighted by Gasteiger charge is -2.35. The van der Waals surface area contributed by atoms with Gasteiger partial charge in [-0.3, -0.25) is 9.69 Å². The van der Waals surface area contributed by atoms with Crippen LogP contribution < -0.4 is 14.8 Å². The number of hydrogen-bond donors (Lipinski definition) is 1. The highest BCUT2D eigenvalue weighted by Crippen LogP contribution is 2.32. The van der Waals surface area contributed by atoms with Crippen LogP contribution >= 0.6 is 0 Å². The average molecular weight is 427 g/mol. The Labute approximate surface area is 185 Å². The van der Waals surface area contributed by atoms with Crippen molar-refractivity contribution in [2.45, 2.75) is 32.2 Å². The van der Waals surface area contributed by atoms with Crippen molar-refractivity contribution in [2.75, 3.05) is 46.6 Å². The Kier molecular flexibility index (Phi) is 8.74. The summed E-state index contributed by atoms with van der Waals surface area (Å²) in [4.78, 5) is 15.4. The minimum atomic E-state index is -0.151. The van der Waals surface area contributed by atoms with Gasteiger partial charge in [0.15, 0.2) is 11.5 Å². The molecule has 0 spiro atoms. The molecule has 0 unspecified atom stereocenters. The maximum absolute atomic E-state index is 13.1. The molecule has 1 aliphatic rings. The first-order valence-corrected chi connectivity index (χ1v) is 11.1. The van der Waals surface area contributed by atoms with E-state index in [0.717, 1.165) is 36.4 Å². The summed E-state index contributed by atoms with van der Waals surface area (Å²) in [7, 11) is 1.65. The van der Waals surface area contributed by atoms with Crippen LogP contribution in [0.3, 0.4) is 0 Å². The number of hydrogen-bond acceptors (Lipinski definition) is 5. The van der Waals surface area contributed by atoms with Gasteiger partial charge >= 0.3 is 0 Å². The van der Waals surface area contributed by atoms with Gasteiger partial charge < -0.3 is 19.5 Å². The van der Waals surface area contributed by atoms with Crippen LogP contribution in [0.15, 0.2) is 48.5 Å². The van der Waals surface area contributed by atoms with Gasteiger partial charge in [0.1, 0.15) is 0 Å². The smallest absolute Gasteiger partial charge is 0.227 e. The largest absolute Gasteiger partial charge is 0.493 e. The van der Waals surface area contributed by atoms with Gasteiger partial charge in [-0.25, -0.2) is 0 Å². The zero-order valence-electron chi connectivity index (χ0n) is 18.8. The Hall–Kier alpha value is -2.57. The molecule has 0 bridgehead atoms. The summed E-state index contributed by atoms with van der Waals surface area (Å²) >= 11 is 0. The minimum Gasteiger partial charge on any atom is -0.493 e. The number of morpholine rings is 1. The molecular weight excluding hydrogens is 392 g/mol. The van der Waals surface area contributed by atoms with E-state index in [1.807, 2.05) is 56.3 Å². The maximum atomic E-state index is 13.1. The molecular formula is C25H34N2O4. The normalized spacial score (nSPS) is 16.4. The van der Waals surface area contributed by atoms with Gasteiger partial charge in [-0.2, -0.15) is 0 Å². The van der Waals surface area contributed by atoms with E-state index in [9.17, 15) is 4.79 Å². The molecule has 1 aliphatic heterocycles. The molecule has 6 nitrogen and oxygen atoms in total. The number of nitrogens with zero attached hydrogens (tertiary/aromatic N) is 1. The topological polar surface area (TPSA) is 60.0 Å². The molecule has 6 heteroatoms. The van der Waals surface area contributed by atoms with Crippen LogP contribution in [-0.4, -0.2) is 57.4 Å². The highest BCUT2D eigenvalue weighted by atomic mass is 16.5. The second kappa shape index (κ2) is 11.7. The fourth-order valence-electron chi connectivity index (χ4n) is 4.09. The molecule has 0 aliphatic carbocycles. The van der Waals surface area contributed by atoms with E-state index in [1.54, 1.807) is 7.11 Å². The van der Waals surface area contributed by atoms with Gasteiger partial charge in [0.05, 0.1) is 38.9 Å². The van der Waals surface area contributed by atoms with Crippen molar-refractivity contribution in [3.8, 4) is 11.5 Å². The summed E-state index contributed by atoms with van der Waals surface area (Å²) in [5, 5.41) is 3.21. The number of amides is 1. The second-order valence-corrected chi connectivity index (χ2v) is 7.62. The monoisotopic (exact) mass is 426 g/mol. The molecule has 31 heavy (non-hydrogen) atoms. The summed E-state index contributed by atoms with van der Waals surface area (Å²) in [6.07, 6.45) is 0.759. The summed E-state index contributed by atoms with van der Waals surface area (Å²) in [6.45, 7) is 8.15. The SMILES string of the molecule is CCOc1ccc([C@@H](CNC(=O)[C@H](CC)c2ccccc2)N2CCOCC2)cc1OC. The van der Waals surface area contributed by atoms with Gasteiger partial charge in [-0.15, -0.1) is 0 Å². The Bertz CT molecular complexity index is 822. The number of methoxy groups -OCH3 is 1. The summed E-state index contributed by atoms with van der Waals surface area (Å²) in [5.41, 5.74) is 2.14. The molecule has 1 N–H and O–H groups in total. The Balaban J connectivity index is 1.79. The number of benzene rings is 2. The molecule has 1 fully saturated rings. The van der Waals surface area contributed by atoms with Crippen LogP contribution in [0.1, 0.15) is 43.4 Å². The molecule has 2 aromatic carbocycles. The van der Waals surface area contributed by atoms with E-state index in [4.69, 9.17) is 14.2 Å². The summed E-state index contributed by atoms with van der Waals surface area (Å²) in [6, 6.07) is 16.0. The minimum absolute atomic E-state index is 0.0331. The molecule has 2 aromatic rings. The lowest BCUT2D eigenvalue weighted by atomic mass is 9.95. The maximum Gasteiger partial charge on any atom is 0.227 e. The van der Waals surface area contributed by atoms with Crippen molar-refractivity contribution in [3.63, 3.8) is 0 Å². The third-order valence-corrected chi connectivity index (χ3v) is 5.76. The van der Waals surface area contributed by atoms with Crippen LogP contribution in [0.2, 0.25) is 0 Å².